The number of ketones is 1. The summed E-state index contributed by atoms with van der Waals surface area (Å²) >= 11 is 6.11. The Morgan fingerprint density at radius 2 is 2.00 bits per heavy atom. The topological polar surface area (TPSA) is 43.4 Å². The van der Waals surface area contributed by atoms with E-state index in [1.807, 2.05) is 31.2 Å². The van der Waals surface area contributed by atoms with Crippen LogP contribution in [0.1, 0.15) is 24.5 Å². The number of carbonyl (C=O) groups is 2. The lowest BCUT2D eigenvalue weighted by Crippen LogP contribution is -2.18. The molecule has 0 aromatic heterocycles. The SMILES string of the molecule is CC(=O)CC(=O)OCC(Cl)Cc1ccccc1C. The second-order valence-electron chi connectivity index (χ2n) is 4.29. The van der Waals surface area contributed by atoms with Crippen molar-refractivity contribution < 1.29 is 14.3 Å². The van der Waals surface area contributed by atoms with E-state index in [2.05, 4.69) is 0 Å². The van der Waals surface area contributed by atoms with E-state index in [1.165, 1.54) is 12.5 Å². The molecule has 1 rings (SSSR count). The molecular weight excluding hydrogens is 252 g/mol. The highest BCUT2D eigenvalue weighted by Gasteiger charge is 2.12. The molecule has 1 aromatic carbocycles. The molecule has 0 saturated heterocycles. The number of aryl methyl sites for hydroxylation is 1. The van der Waals surface area contributed by atoms with Crippen molar-refractivity contribution in [2.24, 2.45) is 0 Å². The average molecular weight is 269 g/mol. The predicted molar refractivity (Wildman–Crippen MR) is 70.8 cm³/mol. The minimum absolute atomic E-state index is 0.127. The monoisotopic (exact) mass is 268 g/mol. The number of Topliss-reactive ketones (excluding diaryl/α,β-unsaturated/α-hetero) is 1. The second kappa shape index (κ2) is 7.17. The standard InChI is InChI=1S/C14H17ClO3/c1-10-5-3-4-6-12(10)8-13(15)9-18-14(17)7-11(2)16/h3-6,13H,7-9H2,1-2H3. The first-order valence-electron chi connectivity index (χ1n) is 5.82. The molecule has 0 aliphatic carbocycles. The summed E-state index contributed by atoms with van der Waals surface area (Å²) in [4.78, 5) is 21.9. The van der Waals surface area contributed by atoms with Gasteiger partial charge >= 0.3 is 5.97 Å². The number of hydrogen-bond acceptors (Lipinski definition) is 3. The molecule has 0 amide bonds. The van der Waals surface area contributed by atoms with Crippen LogP contribution in [0.25, 0.3) is 0 Å². The molecule has 4 heteroatoms. The normalized spacial score (nSPS) is 11.9. The van der Waals surface area contributed by atoms with Gasteiger partial charge in [0.05, 0.1) is 5.38 Å². The van der Waals surface area contributed by atoms with Gasteiger partial charge in [-0.1, -0.05) is 24.3 Å². The number of hydrogen-bond donors (Lipinski definition) is 0. The third kappa shape index (κ3) is 5.32. The van der Waals surface area contributed by atoms with Crippen molar-refractivity contribution in [3.63, 3.8) is 0 Å². The second-order valence-corrected chi connectivity index (χ2v) is 4.91. The molecular formula is C14H17ClO3. The highest BCUT2D eigenvalue weighted by atomic mass is 35.5. The van der Waals surface area contributed by atoms with Gasteiger partial charge in [0.2, 0.25) is 0 Å². The molecule has 0 heterocycles. The van der Waals surface area contributed by atoms with Crippen LogP contribution < -0.4 is 0 Å². The van der Waals surface area contributed by atoms with E-state index in [0.29, 0.717) is 6.42 Å². The van der Waals surface area contributed by atoms with Crippen LogP contribution in [0, 0.1) is 6.92 Å². The van der Waals surface area contributed by atoms with Crippen LogP contribution in [0.2, 0.25) is 0 Å². The molecule has 0 radical (unpaired) electrons. The Morgan fingerprint density at radius 1 is 1.33 bits per heavy atom. The Kier molecular flexibility index (Phi) is 5.86. The summed E-state index contributed by atoms with van der Waals surface area (Å²) in [6, 6.07) is 7.94. The van der Waals surface area contributed by atoms with Gasteiger partial charge in [-0.2, -0.15) is 0 Å². The van der Waals surface area contributed by atoms with E-state index in [0.717, 1.165) is 5.56 Å². The molecule has 98 valence electrons. The number of alkyl halides is 1. The van der Waals surface area contributed by atoms with Crippen LogP contribution >= 0.6 is 11.6 Å². The lowest BCUT2D eigenvalue weighted by atomic mass is 10.0. The maximum Gasteiger partial charge on any atom is 0.313 e. The fraction of sp³-hybridized carbons (Fsp3) is 0.429. The van der Waals surface area contributed by atoms with Gasteiger partial charge in [-0.25, -0.2) is 0 Å². The molecule has 0 spiro atoms. The van der Waals surface area contributed by atoms with Gasteiger partial charge < -0.3 is 4.74 Å². The summed E-state index contributed by atoms with van der Waals surface area (Å²) in [7, 11) is 0. The molecule has 0 bridgehead atoms. The van der Waals surface area contributed by atoms with E-state index in [-0.39, 0.29) is 24.2 Å². The number of rotatable bonds is 6. The van der Waals surface area contributed by atoms with E-state index in [1.54, 1.807) is 0 Å². The van der Waals surface area contributed by atoms with Gasteiger partial charge in [-0.3, -0.25) is 9.59 Å². The zero-order valence-electron chi connectivity index (χ0n) is 10.6. The summed E-state index contributed by atoms with van der Waals surface area (Å²) in [5.74, 6) is -0.719. The maximum atomic E-state index is 11.2. The number of halogens is 1. The first-order valence-corrected chi connectivity index (χ1v) is 6.26. The third-order valence-corrected chi connectivity index (χ3v) is 2.80. The average Bonchev–Trinajstić information content (AvgIpc) is 2.29. The van der Waals surface area contributed by atoms with Gasteiger partial charge in [0.15, 0.2) is 0 Å². The Balaban J connectivity index is 2.38. The minimum Gasteiger partial charge on any atom is -0.464 e. The zero-order valence-corrected chi connectivity index (χ0v) is 11.4. The van der Waals surface area contributed by atoms with Crippen LogP contribution in [0.4, 0.5) is 0 Å². The number of benzene rings is 1. The third-order valence-electron chi connectivity index (χ3n) is 2.52. The Hall–Kier alpha value is -1.35. The fourth-order valence-electron chi connectivity index (χ4n) is 1.57. The minimum atomic E-state index is -0.516. The maximum absolute atomic E-state index is 11.2. The molecule has 0 aliphatic rings. The van der Waals surface area contributed by atoms with E-state index in [4.69, 9.17) is 16.3 Å². The molecule has 1 unspecified atom stereocenters. The van der Waals surface area contributed by atoms with Gasteiger partial charge in [0.1, 0.15) is 18.8 Å². The molecule has 1 atom stereocenters. The lowest BCUT2D eigenvalue weighted by Gasteiger charge is -2.11. The quantitative estimate of drug-likeness (QED) is 0.453. The zero-order chi connectivity index (χ0) is 13.5. The smallest absolute Gasteiger partial charge is 0.313 e. The number of carbonyl (C=O) groups excluding carboxylic acids is 2. The van der Waals surface area contributed by atoms with Gasteiger partial charge in [-0.05, 0) is 31.4 Å². The number of ether oxygens (including phenoxy) is 1. The Morgan fingerprint density at radius 3 is 2.61 bits per heavy atom. The number of esters is 1. The molecule has 18 heavy (non-hydrogen) atoms. The first kappa shape index (κ1) is 14.7. The molecule has 0 N–H and O–H groups in total. The highest BCUT2D eigenvalue weighted by molar-refractivity contribution is 6.20. The van der Waals surface area contributed by atoms with Crippen molar-refractivity contribution in [3.8, 4) is 0 Å². The lowest BCUT2D eigenvalue weighted by molar-refractivity contribution is -0.145. The van der Waals surface area contributed by atoms with Crippen molar-refractivity contribution in [1.29, 1.82) is 0 Å². The molecule has 0 fully saturated rings. The van der Waals surface area contributed by atoms with E-state index in [9.17, 15) is 9.59 Å². The largest absolute Gasteiger partial charge is 0.464 e. The van der Waals surface area contributed by atoms with Crippen LogP contribution in [0.15, 0.2) is 24.3 Å². The molecule has 0 aliphatic heterocycles. The summed E-state index contributed by atoms with van der Waals surface area (Å²) < 4.78 is 4.93. The first-order chi connectivity index (χ1) is 8.49. The van der Waals surface area contributed by atoms with Crippen molar-refractivity contribution >= 4 is 23.4 Å². The summed E-state index contributed by atoms with van der Waals surface area (Å²) in [6.07, 6.45) is 0.454. The van der Waals surface area contributed by atoms with Crippen LogP contribution in [0.5, 0.6) is 0 Å². The van der Waals surface area contributed by atoms with Crippen LogP contribution in [-0.4, -0.2) is 23.7 Å². The van der Waals surface area contributed by atoms with Crippen molar-refractivity contribution in [2.75, 3.05) is 6.61 Å². The predicted octanol–water partition coefficient (Wildman–Crippen LogP) is 2.67. The fourth-order valence-corrected chi connectivity index (χ4v) is 1.80. The van der Waals surface area contributed by atoms with Crippen molar-refractivity contribution in [3.05, 3.63) is 35.4 Å². The summed E-state index contributed by atoms with van der Waals surface area (Å²) in [6.45, 7) is 3.50. The van der Waals surface area contributed by atoms with Gasteiger partial charge in [0.25, 0.3) is 0 Å². The van der Waals surface area contributed by atoms with E-state index >= 15 is 0 Å². The van der Waals surface area contributed by atoms with Gasteiger partial charge in [0, 0.05) is 0 Å². The molecule has 1 aromatic rings. The highest BCUT2D eigenvalue weighted by Crippen LogP contribution is 2.13. The summed E-state index contributed by atoms with van der Waals surface area (Å²) in [5.41, 5.74) is 2.30. The molecule has 0 saturated carbocycles. The van der Waals surface area contributed by atoms with Crippen LogP contribution in [-0.2, 0) is 20.7 Å². The van der Waals surface area contributed by atoms with Crippen LogP contribution in [0.3, 0.4) is 0 Å². The van der Waals surface area contributed by atoms with Gasteiger partial charge in [-0.15, -0.1) is 11.6 Å². The van der Waals surface area contributed by atoms with E-state index < -0.39 is 5.97 Å². The Bertz CT molecular complexity index is 429. The van der Waals surface area contributed by atoms with Crippen molar-refractivity contribution in [1.82, 2.24) is 0 Å². The van der Waals surface area contributed by atoms with Crippen molar-refractivity contribution in [2.45, 2.75) is 32.1 Å². The summed E-state index contributed by atoms with van der Waals surface area (Å²) in [5, 5.41) is -0.276. The Labute approximate surface area is 112 Å². The molecule has 3 nitrogen and oxygen atoms in total.